The van der Waals surface area contributed by atoms with Gasteiger partial charge in [-0.25, -0.2) is 4.39 Å². The summed E-state index contributed by atoms with van der Waals surface area (Å²) in [5.41, 5.74) is 0.599. The van der Waals surface area contributed by atoms with Gasteiger partial charge in [0.05, 0.1) is 18.0 Å². The van der Waals surface area contributed by atoms with Crippen LogP contribution in [0.25, 0.3) is 0 Å². The molecule has 3 rings (SSSR count). The Labute approximate surface area is 178 Å². The van der Waals surface area contributed by atoms with Gasteiger partial charge >= 0.3 is 0 Å². The number of halogens is 1. The highest BCUT2D eigenvalue weighted by molar-refractivity contribution is 8.76. The first-order chi connectivity index (χ1) is 13.9. The molecule has 1 atom stereocenters. The molecule has 158 valence electrons. The van der Waals surface area contributed by atoms with Crippen molar-refractivity contribution in [3.05, 3.63) is 41.4 Å². The fraction of sp³-hybridized carbons (Fsp3) is 0.524. The zero-order valence-corrected chi connectivity index (χ0v) is 18.3. The van der Waals surface area contributed by atoms with Crippen molar-refractivity contribution in [3.63, 3.8) is 0 Å². The number of carbonyl (C=O) groups is 2. The van der Waals surface area contributed by atoms with Crippen molar-refractivity contribution >= 4 is 33.4 Å². The lowest BCUT2D eigenvalue weighted by molar-refractivity contribution is -0.118. The number of rotatable bonds is 7. The van der Waals surface area contributed by atoms with E-state index in [4.69, 9.17) is 0 Å². The molecule has 1 heterocycles. The lowest BCUT2D eigenvalue weighted by Crippen LogP contribution is -2.22. The van der Waals surface area contributed by atoms with Gasteiger partial charge in [0.15, 0.2) is 11.6 Å². The predicted octanol–water partition coefficient (Wildman–Crippen LogP) is 4.67. The minimum Gasteiger partial charge on any atom is -0.505 e. The van der Waals surface area contributed by atoms with Gasteiger partial charge in [-0.15, -0.1) is 0 Å². The summed E-state index contributed by atoms with van der Waals surface area (Å²) in [5.74, 6) is 0.00832. The molecule has 1 unspecified atom stereocenters. The minimum atomic E-state index is -0.827. The van der Waals surface area contributed by atoms with Crippen molar-refractivity contribution in [3.8, 4) is 5.75 Å². The Morgan fingerprint density at radius 3 is 2.79 bits per heavy atom. The van der Waals surface area contributed by atoms with Gasteiger partial charge in [-0.1, -0.05) is 40.7 Å². The van der Waals surface area contributed by atoms with E-state index in [1.54, 1.807) is 23.1 Å². The molecule has 5 nitrogen and oxygen atoms in total. The first-order valence-electron chi connectivity index (χ1n) is 9.89. The van der Waals surface area contributed by atoms with Crippen LogP contribution in [0.1, 0.15) is 55.5 Å². The van der Waals surface area contributed by atoms with Gasteiger partial charge in [0.2, 0.25) is 5.91 Å². The number of phenols is 1. The Morgan fingerprint density at radius 1 is 1.38 bits per heavy atom. The number of aromatic hydroxyl groups is 1. The van der Waals surface area contributed by atoms with Gasteiger partial charge in [0, 0.05) is 18.4 Å². The molecule has 2 amide bonds. The van der Waals surface area contributed by atoms with Crippen LogP contribution in [0, 0.1) is 17.7 Å². The minimum absolute atomic E-state index is 0.00262. The van der Waals surface area contributed by atoms with Crippen LogP contribution in [-0.2, 0) is 11.3 Å². The van der Waals surface area contributed by atoms with E-state index in [0.29, 0.717) is 35.1 Å². The van der Waals surface area contributed by atoms with Crippen LogP contribution in [0.5, 0.6) is 5.75 Å². The van der Waals surface area contributed by atoms with Crippen molar-refractivity contribution in [1.29, 1.82) is 0 Å². The number of hydrogen-bond acceptors (Lipinski definition) is 5. The van der Waals surface area contributed by atoms with E-state index in [1.807, 2.05) is 10.8 Å². The third kappa shape index (κ3) is 5.48. The Morgan fingerprint density at radius 2 is 2.10 bits per heavy atom. The normalized spacial score (nSPS) is 22.7. The highest BCUT2D eigenvalue weighted by Gasteiger charge is 2.31. The fourth-order valence-electron chi connectivity index (χ4n) is 3.87. The van der Waals surface area contributed by atoms with E-state index in [1.165, 1.54) is 17.9 Å². The molecule has 8 heteroatoms. The monoisotopic (exact) mass is 438 g/mol. The Bertz CT molecular complexity index is 794. The second-order valence-electron chi connectivity index (χ2n) is 7.68. The van der Waals surface area contributed by atoms with Gasteiger partial charge in [0.1, 0.15) is 0 Å². The molecular weight excluding hydrogens is 411 g/mol. The van der Waals surface area contributed by atoms with Crippen LogP contribution < -0.4 is 5.32 Å². The zero-order valence-electron chi connectivity index (χ0n) is 16.7. The summed E-state index contributed by atoms with van der Waals surface area (Å²) in [5, 5.41) is 12.8. The number of nitrogens with one attached hydrogen (secondary N) is 1. The Kier molecular flexibility index (Phi) is 7.51. The average Bonchev–Trinajstić information content (AvgIpc) is 3.03. The average molecular weight is 439 g/mol. The van der Waals surface area contributed by atoms with Gasteiger partial charge in [-0.05, 0) is 49.1 Å². The molecular formula is C21H27FN2O3S2. The summed E-state index contributed by atoms with van der Waals surface area (Å²) < 4.78 is 14.0. The number of carbonyl (C=O) groups excluding carboxylic acids is 2. The lowest BCUT2D eigenvalue weighted by atomic mass is 9.80. The van der Waals surface area contributed by atoms with Crippen molar-refractivity contribution in [2.45, 2.75) is 51.3 Å². The van der Waals surface area contributed by atoms with Crippen LogP contribution in [-0.4, -0.2) is 32.9 Å². The molecule has 0 bridgehead atoms. The van der Waals surface area contributed by atoms with E-state index in [2.05, 4.69) is 18.3 Å². The van der Waals surface area contributed by atoms with Crippen LogP contribution in [0.2, 0.25) is 0 Å². The van der Waals surface area contributed by atoms with Crippen LogP contribution in [0.4, 0.5) is 4.39 Å². The summed E-state index contributed by atoms with van der Waals surface area (Å²) in [7, 11) is 3.52. The van der Waals surface area contributed by atoms with Crippen LogP contribution in [0.15, 0.2) is 24.4 Å². The maximum atomic E-state index is 14.0. The number of nitrogens with zero attached hydrogens (tertiary/aromatic N) is 1. The third-order valence-electron chi connectivity index (χ3n) is 5.64. The lowest BCUT2D eigenvalue weighted by Gasteiger charge is -2.30. The largest absolute Gasteiger partial charge is 0.505 e. The van der Waals surface area contributed by atoms with E-state index < -0.39 is 11.6 Å². The highest BCUT2D eigenvalue weighted by Crippen LogP contribution is 2.39. The van der Waals surface area contributed by atoms with Crippen molar-refractivity contribution in [2.24, 2.45) is 11.8 Å². The molecule has 0 aromatic heterocycles. The highest BCUT2D eigenvalue weighted by atomic mass is 33.1. The first-order valence-corrected chi connectivity index (χ1v) is 12.3. The molecule has 0 radical (unpaired) electrons. The number of fused-ring (bicyclic) bond motifs is 1. The zero-order chi connectivity index (χ0) is 21.0. The molecule has 1 aromatic rings. The summed E-state index contributed by atoms with van der Waals surface area (Å²) in [4.78, 5) is 24.9. The second kappa shape index (κ2) is 9.89. The van der Waals surface area contributed by atoms with Crippen molar-refractivity contribution in [1.82, 2.24) is 10.2 Å². The topological polar surface area (TPSA) is 69.6 Å². The summed E-state index contributed by atoms with van der Waals surface area (Å²) in [6, 6.07) is 2.90. The molecule has 1 aromatic carbocycles. The van der Waals surface area contributed by atoms with E-state index in [0.717, 1.165) is 25.7 Å². The Hall–Kier alpha value is -1.67. The summed E-state index contributed by atoms with van der Waals surface area (Å²) >= 11 is 0. The molecule has 0 spiro atoms. The van der Waals surface area contributed by atoms with E-state index >= 15 is 0 Å². The maximum Gasteiger partial charge on any atom is 0.261 e. The number of hydrogen-bond donors (Lipinski definition) is 2. The quantitative estimate of drug-likeness (QED) is 0.368. The summed E-state index contributed by atoms with van der Waals surface area (Å²) in [6.07, 6.45) is 8.28. The van der Waals surface area contributed by atoms with Gasteiger partial charge in [-0.2, -0.15) is 0 Å². The third-order valence-corrected chi connectivity index (χ3v) is 8.40. The van der Waals surface area contributed by atoms with Crippen LogP contribution >= 0.6 is 21.6 Å². The number of phenolic OH excluding ortho intramolecular Hbond substituents is 1. The molecule has 1 saturated carbocycles. The predicted molar refractivity (Wildman–Crippen MR) is 116 cm³/mol. The Balaban J connectivity index is 1.45. The molecule has 0 saturated heterocycles. The molecule has 1 aliphatic carbocycles. The van der Waals surface area contributed by atoms with E-state index in [-0.39, 0.29) is 17.4 Å². The smallest absolute Gasteiger partial charge is 0.261 e. The van der Waals surface area contributed by atoms with E-state index in [9.17, 15) is 19.1 Å². The molecule has 2 N–H and O–H groups in total. The molecule has 2 aliphatic rings. The molecule has 1 fully saturated rings. The second-order valence-corrected chi connectivity index (χ2v) is 10.4. The van der Waals surface area contributed by atoms with Gasteiger partial charge in [-0.3, -0.25) is 9.59 Å². The van der Waals surface area contributed by atoms with Crippen molar-refractivity contribution in [2.75, 3.05) is 5.88 Å². The fourth-order valence-corrected chi connectivity index (χ4v) is 6.34. The number of benzene rings is 1. The molecule has 29 heavy (non-hydrogen) atoms. The molecule has 1 aliphatic heterocycles. The van der Waals surface area contributed by atoms with Gasteiger partial charge in [0.25, 0.3) is 5.91 Å². The maximum absolute atomic E-state index is 14.0. The first kappa shape index (κ1) is 22.0. The summed E-state index contributed by atoms with van der Waals surface area (Å²) in [6.45, 7) is 4.12. The van der Waals surface area contributed by atoms with Gasteiger partial charge < -0.3 is 15.3 Å². The number of amides is 2. The van der Waals surface area contributed by atoms with Crippen molar-refractivity contribution < 1.29 is 19.1 Å². The standard InChI is InChI=1S/C21H27FN2O3S2/c1-13(29-28-12-23-14(2)25)16-5-3-15(4-6-16)9-10-24-11-17-7-8-18(26)20(22)19(17)21(24)27/h7-10,13,15-16,26H,3-6,11-12H2,1-2H3,(H,23,25). The SMILES string of the molecule is CC(=O)NCSSC(C)C1CCC(C=CN2Cc3ccc(O)c(F)c3C2=O)CC1. The van der Waals surface area contributed by atoms with Crippen LogP contribution in [0.3, 0.4) is 0 Å². The number of allylic oxidation sites excluding steroid dienone is 1.